The fraction of sp³-hybridized carbons (Fsp3) is 0.786. The smallest absolute Gasteiger partial charge is 0.186 e. The van der Waals surface area contributed by atoms with Gasteiger partial charge in [-0.05, 0) is 25.2 Å². The summed E-state index contributed by atoms with van der Waals surface area (Å²) < 4.78 is 5.21. The van der Waals surface area contributed by atoms with Crippen LogP contribution in [0.1, 0.15) is 37.8 Å². The van der Waals surface area contributed by atoms with Crippen LogP contribution in [0.25, 0.3) is 0 Å². The van der Waals surface area contributed by atoms with Gasteiger partial charge in [0, 0.05) is 31.1 Å². The van der Waals surface area contributed by atoms with Gasteiger partial charge in [0.2, 0.25) is 0 Å². The molecule has 1 fully saturated rings. The molecule has 3 atom stereocenters. The van der Waals surface area contributed by atoms with Crippen LogP contribution in [0.2, 0.25) is 0 Å². The van der Waals surface area contributed by atoms with E-state index in [9.17, 15) is 0 Å². The Morgan fingerprint density at radius 1 is 1.42 bits per heavy atom. The Morgan fingerprint density at radius 2 is 2.16 bits per heavy atom. The molecule has 5 heteroatoms. The molecular formula is C14H25N3OS. The Hall–Kier alpha value is -0.650. The summed E-state index contributed by atoms with van der Waals surface area (Å²) in [6.45, 7) is 9.15. The number of piperidine rings is 1. The molecule has 19 heavy (non-hydrogen) atoms. The number of thiazole rings is 1. The molecule has 108 valence electrons. The molecule has 1 aliphatic heterocycles. The largest absolute Gasteiger partial charge is 0.378 e. The third-order valence-corrected chi connectivity index (χ3v) is 5.23. The maximum absolute atomic E-state index is 5.81. The number of anilines is 1. The number of rotatable bonds is 4. The third-order valence-electron chi connectivity index (χ3n) is 4.08. The molecule has 0 aliphatic carbocycles. The second-order valence-electron chi connectivity index (χ2n) is 5.71. The Kier molecular flexibility index (Phi) is 4.81. The van der Waals surface area contributed by atoms with E-state index in [4.69, 9.17) is 15.5 Å². The predicted molar refractivity (Wildman–Crippen MR) is 80.5 cm³/mol. The number of methoxy groups -OCH3 is 1. The van der Waals surface area contributed by atoms with Crippen LogP contribution < -0.4 is 10.6 Å². The van der Waals surface area contributed by atoms with Crippen molar-refractivity contribution in [3.63, 3.8) is 0 Å². The monoisotopic (exact) mass is 283 g/mol. The quantitative estimate of drug-likeness (QED) is 0.923. The van der Waals surface area contributed by atoms with Crippen LogP contribution >= 0.6 is 11.3 Å². The second-order valence-corrected chi connectivity index (χ2v) is 6.78. The highest BCUT2D eigenvalue weighted by molar-refractivity contribution is 7.15. The minimum absolute atomic E-state index is 0.545. The highest BCUT2D eigenvalue weighted by atomic mass is 32.1. The third kappa shape index (κ3) is 3.09. The average molecular weight is 283 g/mol. The van der Waals surface area contributed by atoms with Crippen molar-refractivity contribution in [2.45, 2.75) is 46.4 Å². The fourth-order valence-electron chi connectivity index (χ4n) is 2.87. The summed E-state index contributed by atoms with van der Waals surface area (Å²) in [6.07, 6.45) is 1.30. The van der Waals surface area contributed by atoms with E-state index in [1.54, 1.807) is 18.4 Å². The number of nitrogens with zero attached hydrogens (tertiary/aromatic N) is 2. The minimum Gasteiger partial charge on any atom is -0.378 e. The lowest BCUT2D eigenvalue weighted by atomic mass is 9.86. The minimum atomic E-state index is 0.545. The summed E-state index contributed by atoms with van der Waals surface area (Å²) in [5.74, 6) is 1.43. The Bertz CT molecular complexity index is 421. The lowest BCUT2D eigenvalue weighted by Crippen LogP contribution is -2.45. The average Bonchev–Trinajstić information content (AvgIpc) is 2.77. The van der Waals surface area contributed by atoms with Crippen LogP contribution in [-0.4, -0.2) is 24.7 Å². The van der Waals surface area contributed by atoms with E-state index in [0.717, 1.165) is 28.2 Å². The summed E-state index contributed by atoms with van der Waals surface area (Å²) in [7, 11) is 1.70. The van der Waals surface area contributed by atoms with E-state index < -0.39 is 0 Å². The maximum Gasteiger partial charge on any atom is 0.186 e. The van der Waals surface area contributed by atoms with Crippen LogP contribution in [0, 0.1) is 11.8 Å². The molecule has 0 spiro atoms. The number of hydrogen-bond donors (Lipinski definition) is 1. The summed E-state index contributed by atoms with van der Waals surface area (Å²) in [4.78, 5) is 8.35. The predicted octanol–water partition coefficient (Wildman–Crippen LogP) is 2.62. The van der Waals surface area contributed by atoms with Gasteiger partial charge in [0.05, 0.1) is 12.3 Å². The van der Waals surface area contributed by atoms with Gasteiger partial charge in [-0.1, -0.05) is 13.8 Å². The summed E-state index contributed by atoms with van der Waals surface area (Å²) in [5, 5.41) is 1.11. The molecule has 3 unspecified atom stereocenters. The molecule has 4 nitrogen and oxygen atoms in total. The molecule has 0 bridgehead atoms. The topological polar surface area (TPSA) is 51.4 Å². The van der Waals surface area contributed by atoms with Gasteiger partial charge in [-0.25, -0.2) is 4.98 Å². The second kappa shape index (κ2) is 6.20. The Labute approximate surface area is 120 Å². The van der Waals surface area contributed by atoms with Crippen molar-refractivity contribution < 1.29 is 4.74 Å². The zero-order valence-electron chi connectivity index (χ0n) is 12.3. The molecule has 0 radical (unpaired) electrons. The maximum atomic E-state index is 5.81. The van der Waals surface area contributed by atoms with Crippen molar-refractivity contribution in [1.29, 1.82) is 0 Å². The Balaban J connectivity index is 2.24. The van der Waals surface area contributed by atoms with E-state index in [2.05, 4.69) is 25.7 Å². The van der Waals surface area contributed by atoms with Crippen LogP contribution in [0.15, 0.2) is 0 Å². The SMILES string of the molecule is COCc1nc(N2CC(C)CC(C)C2C)sc1CN. The van der Waals surface area contributed by atoms with Gasteiger partial charge < -0.3 is 15.4 Å². The molecule has 0 amide bonds. The van der Waals surface area contributed by atoms with E-state index in [1.165, 1.54) is 6.42 Å². The number of hydrogen-bond acceptors (Lipinski definition) is 5. The van der Waals surface area contributed by atoms with Crippen molar-refractivity contribution in [2.24, 2.45) is 17.6 Å². The fourth-order valence-corrected chi connectivity index (χ4v) is 3.91. The summed E-state index contributed by atoms with van der Waals surface area (Å²) >= 11 is 1.72. The zero-order valence-corrected chi connectivity index (χ0v) is 13.2. The molecule has 2 N–H and O–H groups in total. The Morgan fingerprint density at radius 3 is 2.79 bits per heavy atom. The molecule has 1 aromatic rings. The van der Waals surface area contributed by atoms with Crippen molar-refractivity contribution in [3.8, 4) is 0 Å². The lowest BCUT2D eigenvalue weighted by Gasteiger charge is -2.41. The van der Waals surface area contributed by atoms with Crippen LogP contribution in [0.3, 0.4) is 0 Å². The lowest BCUT2D eigenvalue weighted by molar-refractivity contribution is 0.181. The molecule has 1 aromatic heterocycles. The van der Waals surface area contributed by atoms with Gasteiger partial charge in [0.15, 0.2) is 5.13 Å². The molecule has 2 heterocycles. The molecule has 2 rings (SSSR count). The van der Waals surface area contributed by atoms with Crippen molar-refractivity contribution in [3.05, 3.63) is 10.6 Å². The van der Waals surface area contributed by atoms with Gasteiger partial charge in [-0.2, -0.15) is 0 Å². The first-order valence-electron chi connectivity index (χ1n) is 7.01. The van der Waals surface area contributed by atoms with Crippen LogP contribution in [0.5, 0.6) is 0 Å². The van der Waals surface area contributed by atoms with Crippen LogP contribution in [-0.2, 0) is 17.9 Å². The van der Waals surface area contributed by atoms with Gasteiger partial charge in [0.1, 0.15) is 0 Å². The highest BCUT2D eigenvalue weighted by Gasteiger charge is 2.31. The zero-order chi connectivity index (χ0) is 14.0. The van der Waals surface area contributed by atoms with Crippen molar-refractivity contribution in [1.82, 2.24) is 4.98 Å². The number of ether oxygens (including phenoxy) is 1. The summed E-state index contributed by atoms with van der Waals surface area (Å²) in [5.41, 5.74) is 6.81. The molecule has 0 saturated carbocycles. The first-order valence-corrected chi connectivity index (χ1v) is 7.82. The van der Waals surface area contributed by atoms with E-state index >= 15 is 0 Å². The van der Waals surface area contributed by atoms with Crippen molar-refractivity contribution in [2.75, 3.05) is 18.6 Å². The van der Waals surface area contributed by atoms with E-state index in [-0.39, 0.29) is 0 Å². The van der Waals surface area contributed by atoms with Gasteiger partial charge in [-0.15, -0.1) is 11.3 Å². The van der Waals surface area contributed by atoms with Gasteiger partial charge in [-0.3, -0.25) is 0 Å². The molecule has 0 aromatic carbocycles. The highest BCUT2D eigenvalue weighted by Crippen LogP contribution is 2.35. The van der Waals surface area contributed by atoms with Crippen molar-refractivity contribution >= 4 is 16.5 Å². The molecule has 1 aliphatic rings. The van der Waals surface area contributed by atoms with E-state index in [1.807, 2.05) is 0 Å². The standard InChI is InChI=1S/C14H25N3OS/c1-9-5-10(2)11(3)17(7-9)14-16-12(8-18-4)13(6-15)19-14/h9-11H,5-8,15H2,1-4H3. The van der Waals surface area contributed by atoms with E-state index in [0.29, 0.717) is 25.1 Å². The van der Waals surface area contributed by atoms with Crippen LogP contribution in [0.4, 0.5) is 5.13 Å². The first kappa shape index (κ1) is 14.8. The van der Waals surface area contributed by atoms with Gasteiger partial charge in [0.25, 0.3) is 0 Å². The number of nitrogens with two attached hydrogens (primary N) is 1. The summed E-state index contributed by atoms with van der Waals surface area (Å²) in [6, 6.07) is 0.545. The van der Waals surface area contributed by atoms with Gasteiger partial charge >= 0.3 is 0 Å². The first-order chi connectivity index (χ1) is 9.06. The molecular weight excluding hydrogens is 258 g/mol. The normalized spacial score (nSPS) is 27.8. The molecule has 1 saturated heterocycles. The number of aromatic nitrogens is 1.